The maximum atomic E-state index is 13.6. The van der Waals surface area contributed by atoms with E-state index in [0.717, 1.165) is 26.4 Å². The van der Waals surface area contributed by atoms with Crippen LogP contribution in [0.5, 0.6) is 5.75 Å². The van der Waals surface area contributed by atoms with E-state index < -0.39 is 35.4 Å². The highest BCUT2D eigenvalue weighted by atomic mass is 19.1. The number of amides is 1. The lowest BCUT2D eigenvalue weighted by atomic mass is 10.1. The summed E-state index contributed by atoms with van der Waals surface area (Å²) >= 11 is 0. The number of rotatable bonds is 8. The molecule has 0 radical (unpaired) electrons. The number of halogens is 2. The van der Waals surface area contributed by atoms with Crippen LogP contribution in [0.15, 0.2) is 36.4 Å². The van der Waals surface area contributed by atoms with E-state index >= 15 is 0 Å². The zero-order chi connectivity index (χ0) is 23.0. The van der Waals surface area contributed by atoms with Gasteiger partial charge in [0, 0.05) is 19.0 Å². The molecule has 8 nitrogen and oxygen atoms in total. The molecule has 10 heteroatoms. The predicted octanol–water partition coefficient (Wildman–Crippen LogP) is 2.65. The highest BCUT2D eigenvalue weighted by molar-refractivity contribution is 5.96. The zero-order valence-corrected chi connectivity index (χ0v) is 16.7. The monoisotopic (exact) mass is 435 g/mol. The first kappa shape index (κ1) is 23.5. The molecule has 2 aromatic carbocycles. The molecule has 0 fully saturated rings. The Balaban J connectivity index is 1.92. The molecule has 0 aromatic heterocycles. The summed E-state index contributed by atoms with van der Waals surface area (Å²) in [5, 5.41) is 2.41. The third kappa shape index (κ3) is 6.59. The number of benzene rings is 2. The van der Waals surface area contributed by atoms with Crippen LogP contribution in [-0.2, 0) is 14.3 Å². The molecule has 0 unspecified atom stereocenters. The van der Waals surface area contributed by atoms with Crippen LogP contribution in [0.1, 0.15) is 43.9 Å². The van der Waals surface area contributed by atoms with E-state index in [4.69, 9.17) is 4.74 Å². The van der Waals surface area contributed by atoms with Crippen molar-refractivity contribution in [3.8, 4) is 5.75 Å². The first-order valence-electron chi connectivity index (χ1n) is 9.00. The Hall–Kier alpha value is -3.82. The van der Waals surface area contributed by atoms with Crippen molar-refractivity contribution in [3.63, 3.8) is 0 Å². The van der Waals surface area contributed by atoms with Gasteiger partial charge in [0.2, 0.25) is 0 Å². The number of methoxy groups -OCH3 is 2. The molecule has 0 saturated carbocycles. The van der Waals surface area contributed by atoms with Crippen LogP contribution in [0.3, 0.4) is 0 Å². The molecule has 2 aromatic rings. The van der Waals surface area contributed by atoms with Crippen LogP contribution in [0.25, 0.3) is 0 Å². The van der Waals surface area contributed by atoms with Gasteiger partial charge in [-0.25, -0.2) is 18.4 Å². The van der Waals surface area contributed by atoms with Crippen molar-refractivity contribution in [1.29, 1.82) is 0 Å². The van der Waals surface area contributed by atoms with Gasteiger partial charge in [-0.05, 0) is 36.8 Å². The minimum absolute atomic E-state index is 0.0122. The molecular formula is C21H19F2NO7. The van der Waals surface area contributed by atoms with Gasteiger partial charge in [0.1, 0.15) is 17.4 Å². The standard InChI is InChI=1S/C21H19F2NO7/c1-29-20(27)12-8-13(21(28)30-2)10-15(9-12)31-18(25)4-3-7-24-19(26)16-6-5-14(22)11-17(16)23/h5-6,8-11H,3-4,7H2,1-2H3,(H,24,26). The molecule has 0 saturated heterocycles. The number of hydrogen-bond donors (Lipinski definition) is 1. The van der Waals surface area contributed by atoms with Crippen LogP contribution in [0, 0.1) is 11.6 Å². The zero-order valence-electron chi connectivity index (χ0n) is 16.7. The van der Waals surface area contributed by atoms with Gasteiger partial charge in [-0.3, -0.25) is 9.59 Å². The van der Waals surface area contributed by atoms with E-state index in [0.29, 0.717) is 6.07 Å². The molecule has 164 valence electrons. The Morgan fingerprint density at radius 1 is 0.903 bits per heavy atom. The fraction of sp³-hybridized carbons (Fsp3) is 0.238. The van der Waals surface area contributed by atoms with Crippen molar-refractivity contribution in [2.45, 2.75) is 12.8 Å². The largest absolute Gasteiger partial charge is 0.465 e. The van der Waals surface area contributed by atoms with E-state index in [9.17, 15) is 28.0 Å². The van der Waals surface area contributed by atoms with Crippen molar-refractivity contribution in [3.05, 3.63) is 64.7 Å². The fourth-order valence-corrected chi connectivity index (χ4v) is 2.52. The van der Waals surface area contributed by atoms with Gasteiger partial charge < -0.3 is 19.5 Å². The van der Waals surface area contributed by atoms with E-state index in [1.165, 1.54) is 18.2 Å². The second-order valence-corrected chi connectivity index (χ2v) is 6.19. The lowest BCUT2D eigenvalue weighted by molar-refractivity contribution is -0.134. The highest BCUT2D eigenvalue weighted by Gasteiger charge is 2.16. The van der Waals surface area contributed by atoms with Crippen LogP contribution >= 0.6 is 0 Å². The number of nitrogens with one attached hydrogen (secondary N) is 1. The molecule has 0 aliphatic heterocycles. The summed E-state index contributed by atoms with van der Waals surface area (Å²) in [4.78, 5) is 47.4. The summed E-state index contributed by atoms with van der Waals surface area (Å²) in [6.45, 7) is 0.0281. The van der Waals surface area contributed by atoms with E-state index in [1.54, 1.807) is 0 Å². The lowest BCUT2D eigenvalue weighted by Crippen LogP contribution is -2.26. The summed E-state index contributed by atoms with van der Waals surface area (Å²) in [5.41, 5.74) is -0.345. The van der Waals surface area contributed by atoms with Gasteiger partial charge in [-0.15, -0.1) is 0 Å². The Kier molecular flexibility index (Phi) is 8.18. The van der Waals surface area contributed by atoms with Crippen LogP contribution in [0.2, 0.25) is 0 Å². The fourth-order valence-electron chi connectivity index (χ4n) is 2.52. The SMILES string of the molecule is COC(=O)c1cc(OC(=O)CCCNC(=O)c2ccc(F)cc2F)cc(C(=O)OC)c1. The van der Waals surface area contributed by atoms with Crippen molar-refractivity contribution in [1.82, 2.24) is 5.32 Å². The average Bonchev–Trinajstić information content (AvgIpc) is 2.75. The Labute approximate surface area is 176 Å². The van der Waals surface area contributed by atoms with Crippen molar-refractivity contribution in [2.24, 2.45) is 0 Å². The number of ether oxygens (including phenoxy) is 3. The molecule has 0 atom stereocenters. The second kappa shape index (κ2) is 10.8. The summed E-state index contributed by atoms with van der Waals surface area (Å²) in [5.74, 6) is -4.78. The molecule has 1 N–H and O–H groups in total. The van der Waals surface area contributed by atoms with E-state index in [1.807, 2.05) is 0 Å². The topological polar surface area (TPSA) is 108 Å². The van der Waals surface area contributed by atoms with E-state index in [-0.39, 0.29) is 41.8 Å². The third-order valence-electron chi connectivity index (χ3n) is 4.00. The van der Waals surface area contributed by atoms with Gasteiger partial charge in [0.25, 0.3) is 5.91 Å². The smallest absolute Gasteiger partial charge is 0.338 e. The molecule has 0 heterocycles. The van der Waals surface area contributed by atoms with Crippen molar-refractivity contribution < 1.29 is 42.2 Å². The van der Waals surface area contributed by atoms with Gasteiger partial charge >= 0.3 is 17.9 Å². The molecule has 0 aliphatic rings. The van der Waals surface area contributed by atoms with Crippen LogP contribution in [-0.4, -0.2) is 44.6 Å². The molecule has 0 spiro atoms. The molecule has 0 aliphatic carbocycles. The molecule has 31 heavy (non-hydrogen) atoms. The normalized spacial score (nSPS) is 10.2. The lowest BCUT2D eigenvalue weighted by Gasteiger charge is -2.09. The predicted molar refractivity (Wildman–Crippen MR) is 103 cm³/mol. The van der Waals surface area contributed by atoms with Crippen LogP contribution in [0.4, 0.5) is 8.78 Å². The summed E-state index contributed by atoms with van der Waals surface area (Å²) in [6.07, 6.45) is 0.0378. The first-order valence-corrected chi connectivity index (χ1v) is 9.00. The van der Waals surface area contributed by atoms with E-state index in [2.05, 4.69) is 14.8 Å². The maximum absolute atomic E-state index is 13.6. The molecule has 0 bridgehead atoms. The third-order valence-corrected chi connectivity index (χ3v) is 4.00. The minimum Gasteiger partial charge on any atom is -0.465 e. The summed E-state index contributed by atoms with van der Waals surface area (Å²) < 4.78 is 40.8. The van der Waals surface area contributed by atoms with Crippen molar-refractivity contribution >= 4 is 23.8 Å². The van der Waals surface area contributed by atoms with Crippen molar-refractivity contribution in [2.75, 3.05) is 20.8 Å². The molecular weight excluding hydrogens is 416 g/mol. The quantitative estimate of drug-likeness (QED) is 0.386. The number of esters is 3. The number of carbonyl (C=O) groups excluding carboxylic acids is 4. The van der Waals surface area contributed by atoms with Gasteiger partial charge in [-0.2, -0.15) is 0 Å². The van der Waals surface area contributed by atoms with Crippen LogP contribution < -0.4 is 10.1 Å². The number of carbonyl (C=O) groups is 4. The molecule has 2 rings (SSSR count). The Bertz CT molecular complexity index is 973. The Morgan fingerprint density at radius 2 is 1.52 bits per heavy atom. The van der Waals surface area contributed by atoms with Gasteiger partial charge in [0.05, 0.1) is 30.9 Å². The summed E-state index contributed by atoms with van der Waals surface area (Å²) in [6, 6.07) is 6.27. The second-order valence-electron chi connectivity index (χ2n) is 6.19. The molecule has 1 amide bonds. The Morgan fingerprint density at radius 3 is 2.06 bits per heavy atom. The first-order chi connectivity index (χ1) is 14.7. The summed E-state index contributed by atoms with van der Waals surface area (Å²) in [7, 11) is 2.32. The maximum Gasteiger partial charge on any atom is 0.338 e. The highest BCUT2D eigenvalue weighted by Crippen LogP contribution is 2.20. The average molecular weight is 435 g/mol. The minimum atomic E-state index is -0.996. The van der Waals surface area contributed by atoms with Gasteiger partial charge in [-0.1, -0.05) is 0 Å². The van der Waals surface area contributed by atoms with Gasteiger partial charge in [0.15, 0.2) is 0 Å². The number of hydrogen-bond acceptors (Lipinski definition) is 7.